The number of ether oxygens (including phenoxy) is 4. The summed E-state index contributed by atoms with van der Waals surface area (Å²) in [5.41, 5.74) is 6.04. The van der Waals surface area contributed by atoms with Crippen LogP contribution >= 0.6 is 15.9 Å². The van der Waals surface area contributed by atoms with Crippen LogP contribution in [-0.4, -0.2) is 64.7 Å². The fraction of sp³-hybridized carbons (Fsp3) is 0.415. The zero-order valence-electron chi connectivity index (χ0n) is 31.1. The van der Waals surface area contributed by atoms with Gasteiger partial charge in [-0.05, 0) is 70.6 Å². The van der Waals surface area contributed by atoms with Gasteiger partial charge in [0.1, 0.15) is 17.0 Å². The Balaban J connectivity index is 1.57. The van der Waals surface area contributed by atoms with E-state index >= 15 is 0 Å². The lowest BCUT2D eigenvalue weighted by Crippen LogP contribution is -2.28. The minimum absolute atomic E-state index is 0.276. The molecule has 0 aliphatic carbocycles. The SMILES string of the molecule is C=C(OC(C)(C)C)N(C)CCCn1c(C(=O)OCC)c(CCCOc2cccc3ccccc23)c2cccc(-c3c(COC)nn(C)c3CBr)c21. The molecular formula is C41H51BrN4O5. The number of hydrogen-bond donors (Lipinski definition) is 0. The summed E-state index contributed by atoms with van der Waals surface area (Å²) >= 11 is 3.71. The first-order valence-electron chi connectivity index (χ1n) is 17.6. The number of aromatic nitrogens is 3. The number of methoxy groups -OCH3 is 1. The summed E-state index contributed by atoms with van der Waals surface area (Å²) in [6, 6.07) is 20.7. The Morgan fingerprint density at radius 2 is 1.75 bits per heavy atom. The molecule has 0 bridgehead atoms. The second kappa shape index (κ2) is 16.8. The van der Waals surface area contributed by atoms with Crippen molar-refractivity contribution in [1.29, 1.82) is 0 Å². The van der Waals surface area contributed by atoms with Crippen molar-refractivity contribution in [3.8, 4) is 16.9 Å². The quantitative estimate of drug-likeness (QED) is 0.0405. The molecule has 10 heteroatoms. The summed E-state index contributed by atoms with van der Waals surface area (Å²) in [7, 11) is 5.61. The van der Waals surface area contributed by atoms with Gasteiger partial charge in [0.25, 0.3) is 0 Å². The number of rotatable bonds is 17. The summed E-state index contributed by atoms with van der Waals surface area (Å²) < 4.78 is 27.8. The fourth-order valence-corrected chi connectivity index (χ4v) is 7.33. The van der Waals surface area contributed by atoms with E-state index in [0.29, 0.717) is 56.1 Å². The third-order valence-corrected chi connectivity index (χ3v) is 9.41. The molecule has 9 nitrogen and oxygen atoms in total. The molecule has 51 heavy (non-hydrogen) atoms. The molecule has 0 radical (unpaired) electrons. The Bertz CT molecular complexity index is 1980. The van der Waals surface area contributed by atoms with Crippen LogP contribution in [0.2, 0.25) is 0 Å². The molecular weight excluding hydrogens is 708 g/mol. The van der Waals surface area contributed by atoms with Gasteiger partial charge in [-0.3, -0.25) is 4.68 Å². The molecule has 0 unspecified atom stereocenters. The van der Waals surface area contributed by atoms with Gasteiger partial charge in [-0.15, -0.1) is 0 Å². The number of alkyl halides is 1. The Labute approximate surface area is 310 Å². The van der Waals surface area contributed by atoms with Crippen molar-refractivity contribution >= 4 is 43.6 Å². The average molecular weight is 760 g/mol. The van der Waals surface area contributed by atoms with Crippen molar-refractivity contribution in [2.75, 3.05) is 33.9 Å². The van der Waals surface area contributed by atoms with Gasteiger partial charge < -0.3 is 28.4 Å². The Morgan fingerprint density at radius 1 is 1.02 bits per heavy atom. The third kappa shape index (κ3) is 8.61. The highest BCUT2D eigenvalue weighted by atomic mass is 79.9. The molecule has 0 saturated carbocycles. The molecule has 2 heterocycles. The van der Waals surface area contributed by atoms with Crippen LogP contribution in [0.15, 0.2) is 73.1 Å². The molecule has 0 aliphatic rings. The lowest BCUT2D eigenvalue weighted by atomic mass is 9.98. The largest absolute Gasteiger partial charge is 0.493 e. The van der Waals surface area contributed by atoms with Gasteiger partial charge in [0.2, 0.25) is 0 Å². The molecule has 0 atom stereocenters. The van der Waals surface area contributed by atoms with Crippen LogP contribution in [-0.2, 0) is 46.2 Å². The molecule has 3 aromatic carbocycles. The molecule has 0 aliphatic heterocycles. The number of halogens is 1. The predicted octanol–water partition coefficient (Wildman–Crippen LogP) is 9.03. The maximum absolute atomic E-state index is 14.0. The minimum atomic E-state index is -0.350. The summed E-state index contributed by atoms with van der Waals surface area (Å²) in [5, 5.41) is 8.68. The van der Waals surface area contributed by atoms with Crippen LogP contribution in [0.4, 0.5) is 0 Å². The molecule has 5 rings (SSSR count). The van der Waals surface area contributed by atoms with Crippen LogP contribution in [0.5, 0.6) is 5.75 Å². The zero-order chi connectivity index (χ0) is 36.7. The Morgan fingerprint density at radius 3 is 2.47 bits per heavy atom. The monoisotopic (exact) mass is 758 g/mol. The second-order valence-corrected chi connectivity index (χ2v) is 14.2. The molecule has 0 fully saturated rings. The number of aryl methyl sites for hydroxylation is 3. The van der Waals surface area contributed by atoms with Crippen LogP contribution in [0, 0.1) is 0 Å². The lowest BCUT2D eigenvalue weighted by Gasteiger charge is -2.29. The minimum Gasteiger partial charge on any atom is -0.493 e. The van der Waals surface area contributed by atoms with Gasteiger partial charge in [-0.1, -0.05) is 70.5 Å². The Hall–Kier alpha value is -4.28. The molecule has 5 aromatic rings. The summed E-state index contributed by atoms with van der Waals surface area (Å²) in [6.45, 7) is 14.4. The topological polar surface area (TPSA) is 80.0 Å². The molecule has 0 amide bonds. The second-order valence-electron chi connectivity index (χ2n) is 13.7. The summed E-state index contributed by atoms with van der Waals surface area (Å²) in [5.74, 6) is 1.14. The van der Waals surface area contributed by atoms with Crippen LogP contribution < -0.4 is 4.74 Å². The highest BCUT2D eigenvalue weighted by Gasteiger charge is 2.28. The van der Waals surface area contributed by atoms with Crippen LogP contribution in [0.3, 0.4) is 0 Å². The van der Waals surface area contributed by atoms with Crippen molar-refractivity contribution in [3.63, 3.8) is 0 Å². The highest BCUT2D eigenvalue weighted by Crippen LogP contribution is 2.39. The van der Waals surface area contributed by atoms with E-state index in [-0.39, 0.29) is 18.2 Å². The maximum atomic E-state index is 14.0. The predicted molar refractivity (Wildman–Crippen MR) is 208 cm³/mol. The van der Waals surface area contributed by atoms with Crippen LogP contribution in [0.25, 0.3) is 32.8 Å². The van der Waals surface area contributed by atoms with Crippen molar-refractivity contribution in [2.45, 2.75) is 71.0 Å². The number of esters is 1. The average Bonchev–Trinajstić information content (AvgIpc) is 3.59. The zero-order valence-corrected chi connectivity index (χ0v) is 32.6. The van der Waals surface area contributed by atoms with Crippen molar-refractivity contribution < 1.29 is 23.7 Å². The van der Waals surface area contributed by atoms with E-state index in [9.17, 15) is 4.79 Å². The van der Waals surface area contributed by atoms with E-state index in [4.69, 9.17) is 24.0 Å². The number of para-hydroxylation sites is 1. The third-order valence-electron chi connectivity index (χ3n) is 8.87. The van der Waals surface area contributed by atoms with Gasteiger partial charge in [-0.2, -0.15) is 5.10 Å². The van der Waals surface area contributed by atoms with Gasteiger partial charge in [0.05, 0.1) is 36.7 Å². The van der Waals surface area contributed by atoms with Gasteiger partial charge >= 0.3 is 5.97 Å². The first-order chi connectivity index (χ1) is 24.5. The van der Waals surface area contributed by atoms with Crippen molar-refractivity contribution in [3.05, 3.63) is 95.8 Å². The Kier molecular flexibility index (Phi) is 12.5. The normalized spacial score (nSPS) is 11.7. The van der Waals surface area contributed by atoms with Crippen LogP contribution in [0.1, 0.15) is 68.0 Å². The summed E-state index contributed by atoms with van der Waals surface area (Å²) in [6.07, 6.45) is 2.08. The van der Waals surface area contributed by atoms with E-state index in [1.54, 1.807) is 7.11 Å². The van der Waals surface area contributed by atoms with Crippen molar-refractivity contribution in [2.24, 2.45) is 7.05 Å². The highest BCUT2D eigenvalue weighted by molar-refractivity contribution is 9.08. The maximum Gasteiger partial charge on any atom is 0.355 e. The molecule has 0 saturated heterocycles. The number of nitrogens with zero attached hydrogens (tertiary/aromatic N) is 4. The van der Waals surface area contributed by atoms with E-state index < -0.39 is 0 Å². The summed E-state index contributed by atoms with van der Waals surface area (Å²) in [4.78, 5) is 16.0. The lowest BCUT2D eigenvalue weighted by molar-refractivity contribution is 0.00905. The van der Waals surface area contributed by atoms with E-state index in [0.717, 1.165) is 61.9 Å². The number of fused-ring (bicyclic) bond motifs is 2. The van der Waals surface area contributed by atoms with E-state index in [2.05, 4.69) is 63.5 Å². The smallest absolute Gasteiger partial charge is 0.355 e. The van der Waals surface area contributed by atoms with E-state index in [1.165, 1.54) is 0 Å². The fourth-order valence-electron chi connectivity index (χ4n) is 6.69. The number of carbonyl (C=O) groups excluding carboxylic acids is 1. The van der Waals surface area contributed by atoms with Gasteiger partial charge in [-0.25, -0.2) is 4.79 Å². The molecule has 272 valence electrons. The van der Waals surface area contributed by atoms with Gasteiger partial charge in [0.15, 0.2) is 5.88 Å². The number of carbonyl (C=O) groups is 1. The standard InChI is InChI=1S/C41H51BrN4O5/c1-9-49-40(47)39-32(21-14-25-50-36-22-12-17-29-16-10-11-18-30(29)36)31-19-13-20-33(37-34(27-48-8)43-45(7)35(37)26-42)38(31)46(39)24-15-23-44(6)28(2)51-41(3,4)5/h10-13,16-20,22H,2,9,14-15,21,23-27H2,1,3-8H3. The first-order valence-corrected chi connectivity index (χ1v) is 18.7. The first kappa shape index (κ1) is 38.0. The van der Waals surface area contributed by atoms with E-state index in [1.807, 2.05) is 75.6 Å². The molecule has 2 aromatic heterocycles. The van der Waals surface area contributed by atoms with Gasteiger partial charge in [0, 0.05) is 61.5 Å². The van der Waals surface area contributed by atoms with Crippen molar-refractivity contribution in [1.82, 2.24) is 19.2 Å². The number of hydrogen-bond acceptors (Lipinski definition) is 7. The molecule has 0 spiro atoms. The number of benzene rings is 3. The molecule has 0 N–H and O–H groups in total.